The lowest BCUT2D eigenvalue weighted by atomic mass is 10.2. The highest BCUT2D eigenvalue weighted by molar-refractivity contribution is 5.57. The number of non-ortho nitro benzene ring substituents is 1. The van der Waals surface area contributed by atoms with Crippen LogP contribution in [0.15, 0.2) is 54.6 Å². The van der Waals surface area contributed by atoms with Gasteiger partial charge in [0.15, 0.2) is 5.82 Å². The third-order valence-corrected chi connectivity index (χ3v) is 2.79. The van der Waals surface area contributed by atoms with Crippen LogP contribution >= 0.6 is 0 Å². The van der Waals surface area contributed by atoms with E-state index in [1.165, 1.54) is 16.8 Å². The first-order chi connectivity index (χ1) is 9.75. The minimum atomic E-state index is -0.448. The van der Waals surface area contributed by atoms with E-state index in [9.17, 15) is 10.1 Å². The smallest absolute Gasteiger partial charge is 0.258 e. The summed E-state index contributed by atoms with van der Waals surface area (Å²) in [6.07, 6.45) is 0. The van der Waals surface area contributed by atoms with Gasteiger partial charge in [-0.05, 0) is 16.5 Å². The summed E-state index contributed by atoms with van der Waals surface area (Å²) >= 11 is 0. The highest BCUT2D eigenvalue weighted by atomic mass is 16.6. The fourth-order valence-corrected chi connectivity index (χ4v) is 1.87. The normalized spacial score (nSPS) is 10.4. The van der Waals surface area contributed by atoms with Crippen LogP contribution in [0.25, 0.3) is 17.1 Å². The van der Waals surface area contributed by atoms with Crippen molar-refractivity contribution >= 4 is 5.69 Å². The van der Waals surface area contributed by atoms with Gasteiger partial charge >= 0.3 is 0 Å². The Morgan fingerprint density at radius 2 is 1.85 bits per heavy atom. The zero-order valence-corrected chi connectivity index (χ0v) is 10.2. The number of rotatable bonds is 3. The zero-order chi connectivity index (χ0) is 13.9. The molecule has 0 fully saturated rings. The molecule has 0 aliphatic rings. The van der Waals surface area contributed by atoms with Gasteiger partial charge in [0.25, 0.3) is 5.69 Å². The molecule has 7 heteroatoms. The number of benzene rings is 2. The van der Waals surface area contributed by atoms with E-state index in [2.05, 4.69) is 15.5 Å². The van der Waals surface area contributed by atoms with E-state index < -0.39 is 4.92 Å². The minimum Gasteiger partial charge on any atom is -0.258 e. The van der Waals surface area contributed by atoms with Gasteiger partial charge in [-0.3, -0.25) is 10.1 Å². The first-order valence-corrected chi connectivity index (χ1v) is 5.84. The highest BCUT2D eigenvalue weighted by Gasteiger charge is 2.13. The lowest BCUT2D eigenvalue weighted by Crippen LogP contribution is -2.00. The minimum absolute atomic E-state index is 0.00277. The number of hydrogen-bond acceptors (Lipinski definition) is 5. The topological polar surface area (TPSA) is 86.7 Å². The summed E-state index contributed by atoms with van der Waals surface area (Å²) in [7, 11) is 0. The van der Waals surface area contributed by atoms with Crippen LogP contribution in [0, 0.1) is 10.1 Å². The molecule has 1 heterocycles. The first kappa shape index (κ1) is 12.0. The molecule has 1 aromatic heterocycles. The molecule has 0 spiro atoms. The molecule has 0 saturated carbocycles. The van der Waals surface area contributed by atoms with Crippen LogP contribution in [0.1, 0.15) is 0 Å². The van der Waals surface area contributed by atoms with Gasteiger partial charge in [0.05, 0.1) is 10.6 Å². The first-order valence-electron chi connectivity index (χ1n) is 5.84. The van der Waals surface area contributed by atoms with Crippen molar-refractivity contribution in [3.8, 4) is 17.1 Å². The maximum Gasteiger partial charge on any atom is 0.271 e. The van der Waals surface area contributed by atoms with E-state index in [1.54, 1.807) is 12.1 Å². The van der Waals surface area contributed by atoms with Crippen LogP contribution in [0.3, 0.4) is 0 Å². The highest BCUT2D eigenvalue weighted by Crippen LogP contribution is 2.21. The van der Waals surface area contributed by atoms with Gasteiger partial charge in [-0.1, -0.05) is 36.4 Å². The largest absolute Gasteiger partial charge is 0.271 e. The Labute approximate surface area is 113 Å². The second-order valence-corrected chi connectivity index (χ2v) is 4.06. The Kier molecular flexibility index (Phi) is 2.92. The van der Waals surface area contributed by atoms with E-state index in [1.807, 2.05) is 30.3 Å². The molecule has 98 valence electrons. The Morgan fingerprint density at radius 3 is 2.60 bits per heavy atom. The molecule has 0 N–H and O–H groups in total. The third kappa shape index (κ3) is 2.12. The molecule has 3 aromatic rings. The zero-order valence-electron chi connectivity index (χ0n) is 10.2. The van der Waals surface area contributed by atoms with Crippen molar-refractivity contribution in [2.24, 2.45) is 0 Å². The average molecular weight is 267 g/mol. The van der Waals surface area contributed by atoms with Gasteiger partial charge in [0.1, 0.15) is 0 Å². The van der Waals surface area contributed by atoms with Crippen molar-refractivity contribution in [1.29, 1.82) is 0 Å². The standard InChI is InChI=1S/C13H9N5O2/c19-18(20)12-8-4-7-11(9-12)17-13(14-15-16-17)10-5-2-1-3-6-10/h1-9H. The molecule has 0 radical (unpaired) electrons. The molecule has 0 unspecified atom stereocenters. The van der Waals surface area contributed by atoms with Crippen molar-refractivity contribution < 1.29 is 4.92 Å². The van der Waals surface area contributed by atoms with Crippen LogP contribution in [-0.2, 0) is 0 Å². The van der Waals surface area contributed by atoms with Crippen LogP contribution in [0.5, 0.6) is 0 Å². The quantitative estimate of drug-likeness (QED) is 0.536. The molecular formula is C13H9N5O2. The lowest BCUT2D eigenvalue weighted by molar-refractivity contribution is -0.384. The Balaban J connectivity index is 2.10. The summed E-state index contributed by atoms with van der Waals surface area (Å²) in [5.74, 6) is 0.533. The van der Waals surface area contributed by atoms with Crippen molar-refractivity contribution in [3.05, 3.63) is 64.7 Å². The molecule has 0 amide bonds. The number of nitrogens with zero attached hydrogens (tertiary/aromatic N) is 5. The summed E-state index contributed by atoms with van der Waals surface area (Å²) < 4.78 is 1.47. The number of hydrogen-bond donors (Lipinski definition) is 0. The summed E-state index contributed by atoms with van der Waals surface area (Å²) in [6, 6.07) is 15.6. The van der Waals surface area contributed by atoms with Crippen LogP contribution < -0.4 is 0 Å². The Morgan fingerprint density at radius 1 is 1.05 bits per heavy atom. The van der Waals surface area contributed by atoms with E-state index in [0.29, 0.717) is 11.5 Å². The molecule has 0 aliphatic heterocycles. The molecule has 0 saturated heterocycles. The summed E-state index contributed by atoms with van der Waals surface area (Å²) in [5.41, 5.74) is 1.38. The molecule has 20 heavy (non-hydrogen) atoms. The second-order valence-electron chi connectivity index (χ2n) is 4.06. The molecule has 0 bridgehead atoms. The van der Waals surface area contributed by atoms with E-state index in [0.717, 1.165) is 5.56 Å². The SMILES string of the molecule is O=[N+]([O-])c1cccc(-n2nnnc2-c2ccccc2)c1. The van der Waals surface area contributed by atoms with Crippen molar-refractivity contribution in [2.45, 2.75) is 0 Å². The molecular weight excluding hydrogens is 258 g/mol. The summed E-state index contributed by atoms with van der Waals surface area (Å²) in [5, 5.41) is 22.3. The lowest BCUT2D eigenvalue weighted by Gasteiger charge is -2.04. The van der Waals surface area contributed by atoms with Crippen molar-refractivity contribution in [3.63, 3.8) is 0 Å². The van der Waals surface area contributed by atoms with Crippen molar-refractivity contribution in [1.82, 2.24) is 20.2 Å². The fourth-order valence-electron chi connectivity index (χ4n) is 1.87. The number of aromatic nitrogens is 4. The average Bonchev–Trinajstić information content (AvgIpc) is 2.98. The van der Waals surface area contributed by atoms with E-state index in [4.69, 9.17) is 0 Å². The van der Waals surface area contributed by atoms with Gasteiger partial charge in [-0.15, -0.1) is 5.10 Å². The third-order valence-electron chi connectivity index (χ3n) is 2.79. The number of nitro groups is 1. The predicted octanol–water partition coefficient (Wildman–Crippen LogP) is 2.24. The van der Waals surface area contributed by atoms with Gasteiger partial charge in [-0.2, -0.15) is 4.68 Å². The Bertz CT molecular complexity index is 754. The van der Waals surface area contributed by atoms with Gasteiger partial charge in [0, 0.05) is 17.7 Å². The molecule has 7 nitrogen and oxygen atoms in total. The number of tetrazole rings is 1. The monoisotopic (exact) mass is 267 g/mol. The van der Waals surface area contributed by atoms with Gasteiger partial charge in [0.2, 0.25) is 0 Å². The maximum absolute atomic E-state index is 10.8. The van der Waals surface area contributed by atoms with Crippen LogP contribution in [-0.4, -0.2) is 25.1 Å². The van der Waals surface area contributed by atoms with E-state index >= 15 is 0 Å². The summed E-state index contributed by atoms with van der Waals surface area (Å²) in [6.45, 7) is 0. The molecule has 0 atom stereocenters. The van der Waals surface area contributed by atoms with Crippen molar-refractivity contribution in [2.75, 3.05) is 0 Å². The van der Waals surface area contributed by atoms with Gasteiger partial charge in [-0.25, -0.2) is 0 Å². The molecule has 0 aliphatic carbocycles. The number of nitro benzene ring substituents is 1. The summed E-state index contributed by atoms with van der Waals surface area (Å²) in [4.78, 5) is 10.4. The predicted molar refractivity (Wildman–Crippen MR) is 71.2 cm³/mol. The van der Waals surface area contributed by atoms with E-state index in [-0.39, 0.29) is 5.69 Å². The maximum atomic E-state index is 10.8. The molecule has 2 aromatic carbocycles. The van der Waals surface area contributed by atoms with Crippen LogP contribution in [0.2, 0.25) is 0 Å². The molecule has 3 rings (SSSR count). The van der Waals surface area contributed by atoms with Crippen LogP contribution in [0.4, 0.5) is 5.69 Å². The fraction of sp³-hybridized carbons (Fsp3) is 0. The van der Waals surface area contributed by atoms with Gasteiger partial charge < -0.3 is 0 Å². The second kappa shape index (κ2) is 4.88. The Hall–Kier alpha value is -3.09.